The van der Waals surface area contributed by atoms with Crippen molar-refractivity contribution in [3.63, 3.8) is 0 Å². The number of amides is 2. The molecule has 0 radical (unpaired) electrons. The van der Waals surface area contributed by atoms with Crippen LogP contribution in [0.15, 0.2) is 18.2 Å². The maximum Gasteiger partial charge on any atom is 0.244 e. The number of nitrogens with one attached hydrogen (secondary N) is 1. The number of carbonyl (C=O) groups is 2. The van der Waals surface area contributed by atoms with Gasteiger partial charge in [0.1, 0.15) is 5.75 Å². The fraction of sp³-hybridized carbons (Fsp3) is 0.467. The quantitative estimate of drug-likeness (QED) is 0.882. The molecule has 1 aromatic carbocycles. The Kier molecular flexibility index (Phi) is 4.63. The summed E-state index contributed by atoms with van der Waals surface area (Å²) >= 11 is 0. The fourth-order valence-corrected chi connectivity index (χ4v) is 2.50. The van der Waals surface area contributed by atoms with Gasteiger partial charge in [-0.25, -0.2) is 0 Å². The molecule has 0 atom stereocenters. The van der Waals surface area contributed by atoms with Crippen molar-refractivity contribution in [3.05, 3.63) is 18.2 Å². The number of anilines is 2. The van der Waals surface area contributed by atoms with Crippen LogP contribution >= 0.6 is 12.4 Å². The van der Waals surface area contributed by atoms with Crippen molar-refractivity contribution in [2.24, 2.45) is 5.73 Å². The summed E-state index contributed by atoms with van der Waals surface area (Å²) in [7, 11) is 1.55. The van der Waals surface area contributed by atoms with Crippen LogP contribution in [-0.4, -0.2) is 31.0 Å². The molecule has 0 unspecified atom stereocenters. The van der Waals surface area contributed by atoms with Gasteiger partial charge < -0.3 is 20.7 Å². The Morgan fingerprint density at radius 2 is 2.14 bits per heavy atom. The maximum absolute atomic E-state index is 11.9. The van der Waals surface area contributed by atoms with Crippen LogP contribution in [0.3, 0.4) is 0 Å². The Balaban J connectivity index is 0.00000176. The lowest BCUT2D eigenvalue weighted by Gasteiger charge is -2.20. The fourth-order valence-electron chi connectivity index (χ4n) is 2.50. The zero-order valence-corrected chi connectivity index (χ0v) is 13.2. The third-order valence-electron chi connectivity index (χ3n) is 4.04. The summed E-state index contributed by atoms with van der Waals surface area (Å²) in [4.78, 5) is 25.5. The molecule has 22 heavy (non-hydrogen) atoms. The highest BCUT2D eigenvalue weighted by Crippen LogP contribution is 2.36. The molecule has 2 aliphatic rings. The van der Waals surface area contributed by atoms with E-state index >= 15 is 0 Å². The van der Waals surface area contributed by atoms with Crippen molar-refractivity contribution < 1.29 is 14.3 Å². The van der Waals surface area contributed by atoms with Crippen LogP contribution in [-0.2, 0) is 9.59 Å². The van der Waals surface area contributed by atoms with Gasteiger partial charge in [0.2, 0.25) is 11.8 Å². The van der Waals surface area contributed by atoms with Gasteiger partial charge in [-0.15, -0.1) is 12.4 Å². The molecule has 3 rings (SSSR count). The summed E-state index contributed by atoms with van der Waals surface area (Å²) in [6.07, 6.45) is 2.86. The average molecular weight is 326 g/mol. The third-order valence-corrected chi connectivity index (χ3v) is 4.04. The number of benzene rings is 1. The van der Waals surface area contributed by atoms with Crippen LogP contribution in [0.25, 0.3) is 0 Å². The number of hydrogen-bond acceptors (Lipinski definition) is 4. The minimum Gasteiger partial charge on any atom is -0.494 e. The first-order valence-electron chi connectivity index (χ1n) is 7.12. The van der Waals surface area contributed by atoms with Gasteiger partial charge in [-0.2, -0.15) is 0 Å². The molecule has 2 amide bonds. The summed E-state index contributed by atoms with van der Waals surface area (Å²) in [6.45, 7) is 0.701. The van der Waals surface area contributed by atoms with Gasteiger partial charge in [0, 0.05) is 24.7 Å². The number of carbonyl (C=O) groups excluding carboxylic acids is 2. The van der Waals surface area contributed by atoms with E-state index in [1.165, 1.54) is 0 Å². The minimum absolute atomic E-state index is 0. The summed E-state index contributed by atoms with van der Waals surface area (Å²) in [5.74, 6) is 0.503. The highest BCUT2D eigenvalue weighted by molar-refractivity contribution is 6.01. The van der Waals surface area contributed by atoms with E-state index in [4.69, 9.17) is 10.5 Å². The predicted octanol–water partition coefficient (Wildman–Crippen LogP) is 1.67. The molecule has 1 saturated heterocycles. The minimum atomic E-state index is -0.711. The van der Waals surface area contributed by atoms with E-state index in [0.717, 1.165) is 24.9 Å². The smallest absolute Gasteiger partial charge is 0.244 e. The number of hydrogen-bond donors (Lipinski definition) is 2. The number of methoxy groups -OCH3 is 1. The van der Waals surface area contributed by atoms with E-state index in [2.05, 4.69) is 5.32 Å². The Bertz CT molecular complexity index is 602. The topological polar surface area (TPSA) is 84.7 Å². The van der Waals surface area contributed by atoms with Crippen LogP contribution in [0, 0.1) is 0 Å². The van der Waals surface area contributed by atoms with Crippen LogP contribution < -0.4 is 20.7 Å². The highest BCUT2D eigenvalue weighted by atomic mass is 35.5. The van der Waals surface area contributed by atoms with Gasteiger partial charge in [-0.1, -0.05) is 0 Å². The van der Waals surface area contributed by atoms with Crippen molar-refractivity contribution in [1.82, 2.24) is 0 Å². The number of ether oxygens (including phenoxy) is 1. The van der Waals surface area contributed by atoms with Crippen molar-refractivity contribution in [1.29, 1.82) is 0 Å². The van der Waals surface area contributed by atoms with E-state index in [0.29, 0.717) is 24.4 Å². The molecular formula is C15H20ClN3O3. The molecule has 3 N–H and O–H groups in total. The van der Waals surface area contributed by atoms with Gasteiger partial charge in [0.05, 0.1) is 18.3 Å². The molecule has 1 aromatic rings. The first kappa shape index (κ1) is 16.6. The third kappa shape index (κ3) is 3.03. The molecule has 120 valence electrons. The lowest BCUT2D eigenvalue weighted by atomic mass is 10.2. The number of halogens is 1. The second kappa shape index (κ2) is 6.14. The van der Waals surface area contributed by atoms with Gasteiger partial charge in [0.15, 0.2) is 0 Å². The summed E-state index contributed by atoms with van der Waals surface area (Å²) in [6, 6.07) is 5.30. The van der Waals surface area contributed by atoms with Crippen LogP contribution in [0.4, 0.5) is 11.4 Å². The van der Waals surface area contributed by atoms with Crippen LogP contribution in [0.1, 0.15) is 25.7 Å². The average Bonchev–Trinajstić information content (AvgIpc) is 3.09. The van der Waals surface area contributed by atoms with E-state index in [-0.39, 0.29) is 24.2 Å². The second-order valence-electron chi connectivity index (χ2n) is 5.65. The van der Waals surface area contributed by atoms with E-state index in [1.54, 1.807) is 30.2 Å². The molecule has 7 heteroatoms. The van der Waals surface area contributed by atoms with E-state index < -0.39 is 5.54 Å². The summed E-state index contributed by atoms with van der Waals surface area (Å²) < 4.78 is 5.35. The predicted molar refractivity (Wildman–Crippen MR) is 86.6 cm³/mol. The van der Waals surface area contributed by atoms with Gasteiger partial charge >= 0.3 is 0 Å². The van der Waals surface area contributed by atoms with E-state index in [9.17, 15) is 9.59 Å². The number of nitrogens with zero attached hydrogens (tertiary/aromatic N) is 1. The van der Waals surface area contributed by atoms with Gasteiger partial charge in [-0.3, -0.25) is 9.59 Å². The standard InChI is InChI=1S/C15H19N3O3.ClH/c1-21-12-9-10(17-14(20)15(16)6-7-15)4-5-11(12)18-8-2-3-13(18)19;/h4-5,9H,2-3,6-8,16H2,1H3,(H,17,20);1H. The first-order valence-corrected chi connectivity index (χ1v) is 7.12. The normalized spacial score (nSPS) is 18.6. The Labute approximate surface area is 135 Å². The van der Waals surface area contributed by atoms with Gasteiger partial charge in [0.25, 0.3) is 0 Å². The molecular weight excluding hydrogens is 306 g/mol. The molecule has 1 aliphatic carbocycles. The molecule has 0 bridgehead atoms. The largest absolute Gasteiger partial charge is 0.494 e. The summed E-state index contributed by atoms with van der Waals surface area (Å²) in [5, 5.41) is 2.80. The molecule has 2 fully saturated rings. The monoisotopic (exact) mass is 325 g/mol. The van der Waals surface area contributed by atoms with Crippen molar-refractivity contribution >= 4 is 35.6 Å². The Morgan fingerprint density at radius 1 is 1.41 bits per heavy atom. The second-order valence-corrected chi connectivity index (χ2v) is 5.65. The first-order chi connectivity index (χ1) is 10.0. The molecule has 6 nitrogen and oxygen atoms in total. The highest BCUT2D eigenvalue weighted by Gasteiger charge is 2.46. The number of rotatable bonds is 4. The SMILES string of the molecule is COc1cc(NC(=O)C2(N)CC2)ccc1N1CCCC1=O.Cl. The Hall–Kier alpha value is -1.79. The molecule has 1 heterocycles. The van der Waals surface area contributed by atoms with Crippen molar-refractivity contribution in [2.75, 3.05) is 23.9 Å². The maximum atomic E-state index is 11.9. The van der Waals surface area contributed by atoms with Crippen molar-refractivity contribution in [2.45, 2.75) is 31.2 Å². The van der Waals surface area contributed by atoms with Crippen LogP contribution in [0.2, 0.25) is 0 Å². The van der Waals surface area contributed by atoms with Gasteiger partial charge in [-0.05, 0) is 31.4 Å². The van der Waals surface area contributed by atoms with E-state index in [1.807, 2.05) is 0 Å². The van der Waals surface area contributed by atoms with Crippen LogP contribution in [0.5, 0.6) is 5.75 Å². The molecule has 1 aliphatic heterocycles. The molecule has 0 spiro atoms. The lowest BCUT2D eigenvalue weighted by Crippen LogP contribution is -2.37. The molecule has 0 aromatic heterocycles. The zero-order chi connectivity index (χ0) is 15.0. The summed E-state index contributed by atoms with van der Waals surface area (Å²) in [5.41, 5.74) is 6.52. The number of nitrogens with two attached hydrogens (primary N) is 1. The Morgan fingerprint density at radius 3 is 2.68 bits per heavy atom. The molecule has 1 saturated carbocycles. The van der Waals surface area contributed by atoms with Crippen molar-refractivity contribution in [3.8, 4) is 5.75 Å². The lowest BCUT2D eigenvalue weighted by molar-refractivity contribution is -0.118. The zero-order valence-electron chi connectivity index (χ0n) is 12.4.